The molecule has 0 radical (unpaired) electrons. The molecule has 0 aliphatic carbocycles. The van der Waals surface area contributed by atoms with Crippen LogP contribution in [0.5, 0.6) is 0 Å². The number of hydrogen-bond donors (Lipinski definition) is 10. The van der Waals surface area contributed by atoms with Crippen molar-refractivity contribution < 1.29 is 56.6 Å². The minimum absolute atomic E-state index is 0.0126. The molecule has 51 heavy (non-hydrogen) atoms. The summed E-state index contributed by atoms with van der Waals surface area (Å²) in [6, 6.07) is -2.95. The Morgan fingerprint density at radius 1 is 0.863 bits per heavy atom. The summed E-state index contributed by atoms with van der Waals surface area (Å²) in [5.41, 5.74) is 22.1. The van der Waals surface area contributed by atoms with E-state index in [1.165, 1.54) is 11.9 Å². The van der Waals surface area contributed by atoms with Crippen molar-refractivity contribution in [1.82, 2.24) is 31.5 Å². The molecule has 14 N–H and O–H groups in total. The van der Waals surface area contributed by atoms with Gasteiger partial charge in [-0.1, -0.05) is 0 Å². The van der Waals surface area contributed by atoms with Gasteiger partial charge in [0, 0.05) is 26.4 Å². The van der Waals surface area contributed by atoms with E-state index in [9.17, 15) is 41.9 Å². The van der Waals surface area contributed by atoms with Crippen LogP contribution in [-0.2, 0) is 38.3 Å². The number of hydrogen-bond acceptors (Lipinski definition) is 11. The van der Waals surface area contributed by atoms with Crippen LogP contribution in [0.1, 0.15) is 51.4 Å². The summed E-state index contributed by atoms with van der Waals surface area (Å²) < 4.78 is 37.2. The van der Waals surface area contributed by atoms with Gasteiger partial charge in [0.15, 0.2) is 5.96 Å². The summed E-state index contributed by atoms with van der Waals surface area (Å²) in [4.78, 5) is 90.2. The molecule has 1 rings (SSSR count). The lowest BCUT2D eigenvalue weighted by Gasteiger charge is -2.24. The number of carboxylic acid groups (broad SMARTS) is 1. The molecule has 20 nitrogen and oxygen atoms in total. The number of carbonyl (C=O) groups is 7. The van der Waals surface area contributed by atoms with Crippen LogP contribution in [0.4, 0.5) is 13.2 Å². The second-order valence-electron chi connectivity index (χ2n) is 11.1. The minimum Gasteiger partial charge on any atom is -0.475 e. The van der Waals surface area contributed by atoms with E-state index in [1.54, 1.807) is 0 Å². The summed E-state index contributed by atoms with van der Waals surface area (Å²) >= 11 is 0. The molecule has 0 saturated carbocycles. The maximum absolute atomic E-state index is 13.3. The Morgan fingerprint density at radius 2 is 1.43 bits per heavy atom. The van der Waals surface area contributed by atoms with Gasteiger partial charge in [0.25, 0.3) is 0 Å². The second kappa shape index (κ2) is 25.2. The van der Waals surface area contributed by atoms with E-state index in [4.69, 9.17) is 37.6 Å². The van der Waals surface area contributed by atoms with E-state index in [0.717, 1.165) is 0 Å². The highest BCUT2D eigenvalue weighted by molar-refractivity contribution is 5.93. The van der Waals surface area contributed by atoms with Gasteiger partial charge in [0.2, 0.25) is 35.4 Å². The largest absolute Gasteiger partial charge is 0.490 e. The number of nitrogens with two attached hydrogens (primary N) is 4. The van der Waals surface area contributed by atoms with Crippen molar-refractivity contribution in [3.8, 4) is 0 Å². The van der Waals surface area contributed by atoms with Crippen LogP contribution in [-0.4, -0.2) is 135 Å². The van der Waals surface area contributed by atoms with Crippen molar-refractivity contribution in [2.45, 2.75) is 75.7 Å². The van der Waals surface area contributed by atoms with Crippen LogP contribution in [0.25, 0.3) is 0 Å². The number of halogens is 3. The number of unbranched alkanes of at least 4 members (excludes halogenated alkanes) is 2. The number of alkyl halides is 3. The first kappa shape index (κ1) is 46.2. The summed E-state index contributed by atoms with van der Waals surface area (Å²) in [7, 11) is 1.46. The maximum atomic E-state index is 13.3. The van der Waals surface area contributed by atoms with Crippen LogP contribution in [0.2, 0.25) is 0 Å². The normalized spacial score (nSPS) is 21.1. The average Bonchev–Trinajstić information content (AvgIpc) is 3.06. The molecule has 292 valence electrons. The SMILES string of the molecule is CN1CCC(=O)N[C@@H](CCCCN)C(=O)N[C@@H](CCCCN)C(=O)NCOCC[C@@H](N=C(N)N)C(=O)NCC(=O)NCC1=O.O=C(O)C(F)(F)F. The number of carbonyl (C=O) groups excluding carboxylic acids is 6. The Hall–Kier alpha value is -4.77. The zero-order chi connectivity index (χ0) is 39.0. The molecule has 0 aromatic carbocycles. The van der Waals surface area contributed by atoms with Gasteiger partial charge in [0.05, 0.1) is 19.7 Å². The maximum Gasteiger partial charge on any atom is 0.490 e. The average molecular weight is 742 g/mol. The summed E-state index contributed by atoms with van der Waals surface area (Å²) in [6.07, 6.45) is -2.21. The number of nitrogens with zero attached hydrogens (tertiary/aromatic N) is 2. The van der Waals surface area contributed by atoms with Crippen LogP contribution in [0.3, 0.4) is 0 Å². The Bertz CT molecular complexity index is 1190. The molecular formula is C28H50F3N11O9. The van der Waals surface area contributed by atoms with Crippen molar-refractivity contribution in [3.63, 3.8) is 0 Å². The van der Waals surface area contributed by atoms with Crippen molar-refractivity contribution in [1.29, 1.82) is 0 Å². The molecule has 1 saturated heterocycles. The standard InChI is InChI=1S/C26H49N11O7.C2HF3O2/c1-37-12-8-20(38)34-18(7-3-5-11-28)25(43)35-17(6-2-4-10-27)24(42)33-16-44-13-9-19(36-26(29)30)23(41)32-14-21(39)31-15-22(37)40;3-2(4,5)1(6)7/h17-19H,2-16,27-28H2,1H3,(H,31,39)(H,32,41)(H,33,42)(H,34,38)(H,35,43)(H4,29,30,36);(H,6,7)/t17-,18-,19+;/m0./s1. The molecule has 0 unspecified atom stereocenters. The summed E-state index contributed by atoms with van der Waals surface area (Å²) in [5.74, 6) is -6.40. The number of guanidine groups is 1. The molecule has 23 heteroatoms. The summed E-state index contributed by atoms with van der Waals surface area (Å²) in [5, 5.41) is 19.9. The minimum atomic E-state index is -5.08. The van der Waals surface area contributed by atoms with Gasteiger partial charge in [-0.25, -0.2) is 9.79 Å². The second-order valence-corrected chi connectivity index (χ2v) is 11.1. The van der Waals surface area contributed by atoms with Crippen molar-refractivity contribution >= 4 is 47.4 Å². The number of carboxylic acids is 1. The predicted molar refractivity (Wildman–Crippen MR) is 175 cm³/mol. The quantitative estimate of drug-likeness (QED) is 0.0614. The highest BCUT2D eigenvalue weighted by atomic mass is 19.4. The van der Waals surface area contributed by atoms with E-state index >= 15 is 0 Å². The topological polar surface area (TPSA) is 329 Å². The Balaban J connectivity index is 0.00000321. The van der Waals surface area contributed by atoms with E-state index < -0.39 is 72.3 Å². The van der Waals surface area contributed by atoms with Gasteiger partial charge in [-0.2, -0.15) is 13.2 Å². The predicted octanol–water partition coefficient (Wildman–Crippen LogP) is -3.94. The Kier molecular flexibility index (Phi) is 22.9. The Labute approximate surface area is 292 Å². The van der Waals surface area contributed by atoms with Gasteiger partial charge in [-0.05, 0) is 51.6 Å². The first-order valence-electron chi connectivity index (χ1n) is 15.9. The van der Waals surface area contributed by atoms with Crippen LogP contribution in [0.15, 0.2) is 4.99 Å². The van der Waals surface area contributed by atoms with Crippen molar-refractivity contribution in [3.05, 3.63) is 0 Å². The molecule has 6 amide bonds. The fourth-order valence-corrected chi connectivity index (χ4v) is 4.06. The Morgan fingerprint density at radius 3 is 1.96 bits per heavy atom. The lowest BCUT2D eigenvalue weighted by atomic mass is 10.1. The number of nitrogens with one attached hydrogen (secondary N) is 5. The van der Waals surface area contributed by atoms with Crippen LogP contribution in [0, 0.1) is 0 Å². The molecule has 0 aromatic heterocycles. The zero-order valence-electron chi connectivity index (χ0n) is 28.4. The lowest BCUT2D eigenvalue weighted by molar-refractivity contribution is -0.192. The zero-order valence-corrected chi connectivity index (χ0v) is 28.4. The fourth-order valence-electron chi connectivity index (χ4n) is 4.06. The van der Waals surface area contributed by atoms with Gasteiger partial charge in [0.1, 0.15) is 24.9 Å². The van der Waals surface area contributed by atoms with Crippen LogP contribution < -0.4 is 49.5 Å². The number of aliphatic imine (C=N–C) groups is 1. The third-order valence-electron chi connectivity index (χ3n) is 6.87. The highest BCUT2D eigenvalue weighted by Crippen LogP contribution is 2.13. The molecule has 1 aliphatic heterocycles. The van der Waals surface area contributed by atoms with E-state index in [1.807, 2.05) is 0 Å². The first-order valence-corrected chi connectivity index (χ1v) is 15.9. The third-order valence-corrected chi connectivity index (χ3v) is 6.87. The lowest BCUT2D eigenvalue weighted by Crippen LogP contribution is -2.54. The molecule has 0 bridgehead atoms. The monoisotopic (exact) mass is 741 g/mol. The molecular weight excluding hydrogens is 691 g/mol. The number of likely N-dealkylation sites (N-methyl/N-ethyl adjacent to an activating group) is 1. The molecule has 3 atom stereocenters. The van der Waals surface area contributed by atoms with E-state index in [2.05, 4.69) is 31.6 Å². The van der Waals surface area contributed by atoms with E-state index in [0.29, 0.717) is 51.6 Å². The molecule has 0 spiro atoms. The van der Waals surface area contributed by atoms with Gasteiger partial charge >= 0.3 is 12.1 Å². The summed E-state index contributed by atoms with van der Waals surface area (Å²) in [6.45, 7) is -0.251. The molecule has 1 heterocycles. The first-order chi connectivity index (χ1) is 23.9. The van der Waals surface area contributed by atoms with Gasteiger partial charge < -0.3 is 64.3 Å². The number of aliphatic carboxylic acids is 1. The molecule has 0 aromatic rings. The number of ether oxygens (including phenoxy) is 1. The third kappa shape index (κ3) is 21.8. The highest BCUT2D eigenvalue weighted by Gasteiger charge is 2.38. The van der Waals surface area contributed by atoms with E-state index in [-0.39, 0.29) is 45.2 Å². The molecule has 1 aliphatic rings. The molecule has 1 fully saturated rings. The van der Waals surface area contributed by atoms with Gasteiger partial charge in [-0.3, -0.25) is 28.8 Å². The van der Waals surface area contributed by atoms with Crippen molar-refractivity contribution in [2.24, 2.45) is 27.9 Å². The smallest absolute Gasteiger partial charge is 0.475 e. The van der Waals surface area contributed by atoms with Crippen LogP contribution >= 0.6 is 0 Å². The fraction of sp³-hybridized carbons (Fsp3) is 0.714. The number of rotatable bonds is 9. The number of amides is 6. The van der Waals surface area contributed by atoms with Crippen molar-refractivity contribution in [2.75, 3.05) is 53.1 Å². The van der Waals surface area contributed by atoms with Gasteiger partial charge in [-0.15, -0.1) is 0 Å².